The van der Waals surface area contributed by atoms with E-state index in [1.54, 1.807) is 11.3 Å². The summed E-state index contributed by atoms with van der Waals surface area (Å²) in [4.78, 5) is 4.29. The largest absolute Gasteiger partial charge is 0.392 e. The van der Waals surface area contributed by atoms with E-state index in [1.807, 2.05) is 35.3 Å². The molecule has 2 heterocycles. The molecule has 0 saturated heterocycles. The molecule has 1 N–H and O–H groups in total. The van der Waals surface area contributed by atoms with Gasteiger partial charge in [0.25, 0.3) is 0 Å². The molecule has 4 heteroatoms. The van der Waals surface area contributed by atoms with Gasteiger partial charge in [0, 0.05) is 28.0 Å². The van der Waals surface area contributed by atoms with Gasteiger partial charge in [-0.25, -0.2) is 4.98 Å². The molecule has 86 valence electrons. The number of nitrogens with zero attached hydrogens (tertiary/aromatic N) is 2. The van der Waals surface area contributed by atoms with Crippen LogP contribution >= 0.6 is 11.3 Å². The molecule has 0 aliphatic rings. The second-order valence-corrected chi connectivity index (χ2v) is 4.66. The van der Waals surface area contributed by atoms with Gasteiger partial charge in [-0.05, 0) is 6.07 Å². The Balaban J connectivity index is 2.10. The van der Waals surface area contributed by atoms with E-state index in [0.717, 1.165) is 28.7 Å². The fourth-order valence-electron chi connectivity index (χ4n) is 2.07. The maximum absolute atomic E-state index is 9.35. The van der Waals surface area contributed by atoms with Crippen molar-refractivity contribution in [1.29, 1.82) is 0 Å². The summed E-state index contributed by atoms with van der Waals surface area (Å²) in [5, 5.41) is 12.5. The highest BCUT2D eigenvalue weighted by atomic mass is 32.1. The maximum Gasteiger partial charge on any atom is 0.0795 e. The van der Waals surface area contributed by atoms with Crippen LogP contribution < -0.4 is 0 Å². The highest BCUT2D eigenvalue weighted by Gasteiger charge is 2.07. The zero-order valence-electron chi connectivity index (χ0n) is 9.21. The first-order valence-electron chi connectivity index (χ1n) is 5.43. The Bertz CT molecular complexity index is 628. The minimum absolute atomic E-state index is 0.0740. The first kappa shape index (κ1) is 10.5. The molecule has 0 atom stereocenters. The molecule has 0 fully saturated rings. The lowest BCUT2D eigenvalue weighted by molar-refractivity contribution is 0.283. The van der Waals surface area contributed by atoms with E-state index in [-0.39, 0.29) is 6.61 Å². The molecule has 2 aromatic heterocycles. The molecule has 0 saturated carbocycles. The van der Waals surface area contributed by atoms with Gasteiger partial charge in [-0.2, -0.15) is 0 Å². The number of hydrogen-bond acceptors (Lipinski definition) is 3. The first-order chi connectivity index (χ1) is 8.38. The van der Waals surface area contributed by atoms with E-state index in [4.69, 9.17) is 0 Å². The molecule has 3 aromatic rings. The zero-order chi connectivity index (χ0) is 11.7. The minimum atomic E-state index is 0.0740. The van der Waals surface area contributed by atoms with Gasteiger partial charge in [0.05, 0.1) is 24.4 Å². The standard InChI is InChI=1S/C13H12N2OS/c16-7-10-5-15(6-11-8-17-9-14-11)13-4-2-1-3-12(10)13/h1-5,8-9,16H,6-7H2. The Morgan fingerprint density at radius 3 is 2.94 bits per heavy atom. The molecule has 3 rings (SSSR count). The zero-order valence-corrected chi connectivity index (χ0v) is 10.0. The molecule has 0 radical (unpaired) electrons. The number of thiazole rings is 1. The molecule has 3 nitrogen and oxygen atoms in total. The smallest absolute Gasteiger partial charge is 0.0795 e. The SMILES string of the molecule is OCc1cn(Cc2cscn2)c2ccccc12. The van der Waals surface area contributed by atoms with Crippen molar-refractivity contribution in [2.45, 2.75) is 13.2 Å². The molecule has 0 bridgehead atoms. The van der Waals surface area contributed by atoms with Crippen LogP contribution in [-0.4, -0.2) is 14.7 Å². The van der Waals surface area contributed by atoms with Crippen LogP contribution in [0.25, 0.3) is 10.9 Å². The fraction of sp³-hybridized carbons (Fsp3) is 0.154. The van der Waals surface area contributed by atoms with Crippen LogP contribution in [0.5, 0.6) is 0 Å². The first-order valence-corrected chi connectivity index (χ1v) is 6.37. The van der Waals surface area contributed by atoms with Crippen molar-refractivity contribution in [3.8, 4) is 0 Å². The lowest BCUT2D eigenvalue weighted by Crippen LogP contribution is -1.97. The second-order valence-electron chi connectivity index (χ2n) is 3.94. The highest BCUT2D eigenvalue weighted by molar-refractivity contribution is 7.07. The summed E-state index contributed by atoms with van der Waals surface area (Å²) in [5.74, 6) is 0. The van der Waals surface area contributed by atoms with E-state index in [0.29, 0.717) is 0 Å². The Morgan fingerprint density at radius 1 is 1.29 bits per heavy atom. The monoisotopic (exact) mass is 244 g/mol. The van der Waals surface area contributed by atoms with Gasteiger partial charge < -0.3 is 9.67 Å². The molecule has 17 heavy (non-hydrogen) atoms. The quantitative estimate of drug-likeness (QED) is 0.769. The summed E-state index contributed by atoms with van der Waals surface area (Å²) >= 11 is 1.60. The van der Waals surface area contributed by atoms with Gasteiger partial charge in [0.1, 0.15) is 0 Å². The van der Waals surface area contributed by atoms with E-state index in [9.17, 15) is 5.11 Å². The third-order valence-electron chi connectivity index (χ3n) is 2.86. The summed E-state index contributed by atoms with van der Waals surface area (Å²) in [6.07, 6.45) is 2.00. The Hall–Kier alpha value is -1.65. The topological polar surface area (TPSA) is 38.0 Å². The van der Waals surface area contributed by atoms with Gasteiger partial charge in [0.2, 0.25) is 0 Å². The van der Waals surface area contributed by atoms with Crippen LogP contribution in [0.1, 0.15) is 11.3 Å². The van der Waals surface area contributed by atoms with Gasteiger partial charge in [-0.1, -0.05) is 18.2 Å². The predicted octanol–water partition coefficient (Wildman–Crippen LogP) is 2.64. The molecule has 0 aliphatic heterocycles. The second kappa shape index (κ2) is 4.31. The number of aliphatic hydroxyl groups is 1. The summed E-state index contributed by atoms with van der Waals surface area (Å²) in [6.45, 7) is 0.828. The average Bonchev–Trinajstić information content (AvgIpc) is 2.98. The third kappa shape index (κ3) is 1.85. The number of rotatable bonds is 3. The van der Waals surface area contributed by atoms with E-state index < -0.39 is 0 Å². The molecule has 1 aromatic carbocycles. The highest BCUT2D eigenvalue weighted by Crippen LogP contribution is 2.22. The number of aliphatic hydroxyl groups excluding tert-OH is 1. The normalized spacial score (nSPS) is 11.1. The fourth-order valence-corrected chi connectivity index (χ4v) is 2.62. The van der Waals surface area contributed by atoms with Crippen molar-refractivity contribution in [2.24, 2.45) is 0 Å². The van der Waals surface area contributed by atoms with Crippen LogP contribution in [0.4, 0.5) is 0 Å². The summed E-state index contributed by atoms with van der Waals surface area (Å²) in [7, 11) is 0. The number of benzene rings is 1. The van der Waals surface area contributed by atoms with Gasteiger partial charge in [-0.15, -0.1) is 11.3 Å². The van der Waals surface area contributed by atoms with Gasteiger partial charge >= 0.3 is 0 Å². The third-order valence-corrected chi connectivity index (χ3v) is 3.49. The van der Waals surface area contributed by atoms with Crippen LogP contribution in [-0.2, 0) is 13.2 Å². The summed E-state index contributed by atoms with van der Waals surface area (Å²) < 4.78 is 2.13. The Morgan fingerprint density at radius 2 is 2.18 bits per heavy atom. The Labute approximate surface area is 103 Å². The predicted molar refractivity (Wildman–Crippen MR) is 69.1 cm³/mol. The van der Waals surface area contributed by atoms with Crippen molar-refractivity contribution in [3.63, 3.8) is 0 Å². The minimum Gasteiger partial charge on any atom is -0.392 e. The maximum atomic E-state index is 9.35. The van der Waals surface area contributed by atoms with Crippen LogP contribution in [0.2, 0.25) is 0 Å². The Kier molecular flexibility index (Phi) is 2.66. The molecule has 0 aliphatic carbocycles. The number of para-hydroxylation sites is 1. The summed E-state index contributed by atoms with van der Waals surface area (Å²) in [6, 6.07) is 8.12. The van der Waals surface area contributed by atoms with Crippen molar-refractivity contribution >= 4 is 22.2 Å². The van der Waals surface area contributed by atoms with E-state index in [2.05, 4.69) is 15.6 Å². The lowest BCUT2D eigenvalue weighted by Gasteiger charge is -2.01. The number of hydrogen-bond donors (Lipinski definition) is 1. The van der Waals surface area contributed by atoms with Crippen molar-refractivity contribution in [1.82, 2.24) is 9.55 Å². The molecule has 0 unspecified atom stereocenters. The van der Waals surface area contributed by atoms with Crippen LogP contribution in [0.15, 0.2) is 41.4 Å². The van der Waals surface area contributed by atoms with E-state index in [1.165, 1.54) is 0 Å². The van der Waals surface area contributed by atoms with Gasteiger partial charge in [-0.3, -0.25) is 0 Å². The van der Waals surface area contributed by atoms with Gasteiger partial charge in [0.15, 0.2) is 0 Å². The molecule has 0 amide bonds. The van der Waals surface area contributed by atoms with Crippen molar-refractivity contribution in [3.05, 3.63) is 52.6 Å². The van der Waals surface area contributed by atoms with Crippen LogP contribution in [0.3, 0.4) is 0 Å². The number of fused-ring (bicyclic) bond motifs is 1. The summed E-state index contributed by atoms with van der Waals surface area (Å²) in [5.41, 5.74) is 5.01. The van der Waals surface area contributed by atoms with Crippen molar-refractivity contribution in [2.75, 3.05) is 0 Å². The van der Waals surface area contributed by atoms with E-state index >= 15 is 0 Å². The average molecular weight is 244 g/mol. The number of aromatic nitrogens is 2. The van der Waals surface area contributed by atoms with Crippen LogP contribution in [0, 0.1) is 0 Å². The molecular formula is C13H12N2OS. The molecular weight excluding hydrogens is 232 g/mol. The molecule has 0 spiro atoms. The lowest BCUT2D eigenvalue weighted by atomic mass is 10.2. The van der Waals surface area contributed by atoms with Crippen molar-refractivity contribution < 1.29 is 5.11 Å².